The van der Waals surface area contributed by atoms with E-state index in [1.807, 2.05) is 36.6 Å². The van der Waals surface area contributed by atoms with Gasteiger partial charge in [-0.25, -0.2) is 4.98 Å². The number of methoxy groups -OCH3 is 1. The van der Waals surface area contributed by atoms with Crippen LogP contribution in [0.5, 0.6) is 5.75 Å². The van der Waals surface area contributed by atoms with Gasteiger partial charge in [-0.2, -0.15) is 5.26 Å². The zero-order chi connectivity index (χ0) is 17.1. The molecule has 0 aliphatic carbocycles. The van der Waals surface area contributed by atoms with E-state index in [0.29, 0.717) is 30.6 Å². The Morgan fingerprint density at radius 2 is 2.25 bits per heavy atom. The lowest BCUT2D eigenvalue weighted by Crippen LogP contribution is -2.23. The number of ether oxygens (including phenoxy) is 1. The molecular weight excluding hydrogens is 322 g/mol. The smallest absolute Gasteiger partial charge is 0.262 e. The largest absolute Gasteiger partial charge is 0.497 e. The van der Waals surface area contributed by atoms with Gasteiger partial charge >= 0.3 is 0 Å². The van der Waals surface area contributed by atoms with Crippen LogP contribution < -0.4 is 10.3 Å². The van der Waals surface area contributed by atoms with Crippen LogP contribution in [-0.4, -0.2) is 16.7 Å². The van der Waals surface area contributed by atoms with Gasteiger partial charge in [0.2, 0.25) is 0 Å². The summed E-state index contributed by atoms with van der Waals surface area (Å²) in [6.07, 6.45) is 1.07. The third kappa shape index (κ3) is 2.91. The average molecular weight is 339 g/mol. The molecule has 3 rings (SSSR count). The molecule has 24 heavy (non-hydrogen) atoms. The number of aromatic nitrogens is 2. The number of fused-ring (bicyclic) bond motifs is 1. The van der Waals surface area contributed by atoms with Crippen molar-refractivity contribution in [3.63, 3.8) is 0 Å². The lowest BCUT2D eigenvalue weighted by molar-refractivity contribution is 0.415. The fourth-order valence-corrected chi connectivity index (χ4v) is 3.69. The molecule has 122 valence electrons. The van der Waals surface area contributed by atoms with Crippen molar-refractivity contribution in [3.8, 4) is 22.9 Å². The van der Waals surface area contributed by atoms with Crippen molar-refractivity contribution in [2.75, 3.05) is 7.11 Å². The lowest BCUT2D eigenvalue weighted by atomic mass is 10.1. The van der Waals surface area contributed by atoms with Crippen molar-refractivity contribution in [1.29, 1.82) is 5.26 Å². The van der Waals surface area contributed by atoms with E-state index in [2.05, 4.69) is 11.1 Å². The average Bonchev–Trinajstić information content (AvgIpc) is 3.02. The van der Waals surface area contributed by atoms with Gasteiger partial charge in [0.15, 0.2) is 0 Å². The van der Waals surface area contributed by atoms with Gasteiger partial charge in [-0.1, -0.05) is 12.1 Å². The van der Waals surface area contributed by atoms with Gasteiger partial charge < -0.3 is 4.74 Å². The predicted molar refractivity (Wildman–Crippen MR) is 95.5 cm³/mol. The summed E-state index contributed by atoms with van der Waals surface area (Å²) in [5.74, 6) is 1.44. The molecule has 2 aromatic heterocycles. The monoisotopic (exact) mass is 339 g/mol. The molecule has 0 bridgehead atoms. The summed E-state index contributed by atoms with van der Waals surface area (Å²) in [7, 11) is 1.62. The molecular formula is C18H17N3O2S. The standard InChI is InChI=1S/C18H17N3O2S/c1-12-20-17-16(18(22)21(12)9-4-3-8-19)15(11-24-17)13-6-5-7-14(10-13)23-2/h5-7,10-11H,3-4,9H2,1-2H3. The number of hydrogen-bond acceptors (Lipinski definition) is 5. The molecule has 0 radical (unpaired) electrons. The first-order valence-electron chi connectivity index (χ1n) is 7.65. The minimum Gasteiger partial charge on any atom is -0.497 e. The van der Waals surface area contributed by atoms with Crippen molar-refractivity contribution in [2.45, 2.75) is 26.3 Å². The van der Waals surface area contributed by atoms with E-state index in [-0.39, 0.29) is 5.56 Å². The van der Waals surface area contributed by atoms with Crippen LogP contribution in [0.15, 0.2) is 34.4 Å². The van der Waals surface area contributed by atoms with Crippen LogP contribution in [0.2, 0.25) is 0 Å². The fourth-order valence-electron chi connectivity index (χ4n) is 2.71. The molecule has 0 unspecified atom stereocenters. The minimum absolute atomic E-state index is 0.0468. The molecule has 0 saturated heterocycles. The molecule has 0 atom stereocenters. The van der Waals surface area contributed by atoms with Gasteiger partial charge in [0, 0.05) is 23.9 Å². The van der Waals surface area contributed by atoms with Gasteiger partial charge in [-0.15, -0.1) is 11.3 Å². The highest BCUT2D eigenvalue weighted by Crippen LogP contribution is 2.32. The van der Waals surface area contributed by atoms with Gasteiger partial charge in [0.1, 0.15) is 16.4 Å². The molecule has 0 aliphatic rings. The highest BCUT2D eigenvalue weighted by Gasteiger charge is 2.15. The number of thiophene rings is 1. The Kier molecular flexibility index (Phi) is 4.63. The summed E-state index contributed by atoms with van der Waals surface area (Å²) < 4.78 is 6.94. The molecule has 6 heteroatoms. The second-order valence-corrected chi connectivity index (χ2v) is 6.30. The summed E-state index contributed by atoms with van der Waals surface area (Å²) in [5, 5.41) is 11.3. The molecule has 2 heterocycles. The Morgan fingerprint density at radius 3 is 3.00 bits per heavy atom. The lowest BCUT2D eigenvalue weighted by Gasteiger charge is -2.09. The third-order valence-electron chi connectivity index (χ3n) is 3.94. The quantitative estimate of drug-likeness (QED) is 0.664. The highest BCUT2D eigenvalue weighted by atomic mass is 32.1. The Balaban J connectivity index is 2.15. The molecule has 0 amide bonds. The maximum absolute atomic E-state index is 13.0. The number of nitrogens with zero attached hydrogens (tertiary/aromatic N) is 3. The normalized spacial score (nSPS) is 10.7. The Bertz CT molecular complexity index is 982. The van der Waals surface area contributed by atoms with Gasteiger partial charge in [0.05, 0.1) is 18.6 Å². The van der Waals surface area contributed by atoms with E-state index in [0.717, 1.165) is 21.7 Å². The molecule has 0 N–H and O–H groups in total. The number of unbranched alkanes of at least 4 members (excludes halogenated alkanes) is 1. The van der Waals surface area contributed by atoms with Crippen LogP contribution in [0.25, 0.3) is 21.3 Å². The Labute approximate surface area is 143 Å². The van der Waals surface area contributed by atoms with E-state index in [4.69, 9.17) is 10.00 Å². The van der Waals surface area contributed by atoms with Crippen LogP contribution in [0, 0.1) is 18.3 Å². The van der Waals surface area contributed by atoms with Gasteiger partial charge in [-0.3, -0.25) is 9.36 Å². The van der Waals surface area contributed by atoms with Gasteiger partial charge in [0.25, 0.3) is 5.56 Å². The van der Waals surface area contributed by atoms with Gasteiger partial charge in [-0.05, 0) is 31.0 Å². The fraction of sp³-hybridized carbons (Fsp3) is 0.278. The topological polar surface area (TPSA) is 67.9 Å². The van der Waals surface area contributed by atoms with Crippen LogP contribution in [0.1, 0.15) is 18.7 Å². The molecule has 0 spiro atoms. The van der Waals surface area contributed by atoms with Crippen LogP contribution in [0.4, 0.5) is 0 Å². The molecule has 0 saturated carbocycles. The van der Waals surface area contributed by atoms with Crippen LogP contribution in [0.3, 0.4) is 0 Å². The molecule has 1 aromatic carbocycles. The Hall–Kier alpha value is -2.65. The van der Waals surface area contributed by atoms with Crippen molar-refractivity contribution in [1.82, 2.24) is 9.55 Å². The summed E-state index contributed by atoms with van der Waals surface area (Å²) >= 11 is 1.47. The third-order valence-corrected chi connectivity index (χ3v) is 4.81. The number of rotatable bonds is 5. The first-order valence-corrected chi connectivity index (χ1v) is 8.53. The maximum Gasteiger partial charge on any atom is 0.262 e. The molecule has 3 aromatic rings. The molecule has 5 nitrogen and oxygen atoms in total. The van der Waals surface area contributed by atoms with Crippen molar-refractivity contribution < 1.29 is 4.74 Å². The summed E-state index contributed by atoms with van der Waals surface area (Å²) in [6, 6.07) is 9.77. The SMILES string of the molecule is COc1cccc(-c2csc3nc(C)n(CCCC#N)c(=O)c23)c1. The van der Waals surface area contributed by atoms with Crippen LogP contribution in [-0.2, 0) is 6.54 Å². The van der Waals surface area contributed by atoms with Crippen LogP contribution >= 0.6 is 11.3 Å². The number of aryl methyl sites for hydroxylation is 1. The minimum atomic E-state index is -0.0468. The molecule has 0 fully saturated rings. The van der Waals surface area contributed by atoms with Crippen molar-refractivity contribution in [2.24, 2.45) is 0 Å². The Morgan fingerprint density at radius 1 is 1.42 bits per heavy atom. The zero-order valence-electron chi connectivity index (χ0n) is 13.6. The van der Waals surface area contributed by atoms with E-state index in [1.54, 1.807) is 11.7 Å². The highest BCUT2D eigenvalue weighted by molar-refractivity contribution is 7.17. The van der Waals surface area contributed by atoms with E-state index < -0.39 is 0 Å². The zero-order valence-corrected chi connectivity index (χ0v) is 14.4. The number of hydrogen-bond donors (Lipinski definition) is 0. The maximum atomic E-state index is 13.0. The first kappa shape index (κ1) is 16.2. The second-order valence-electron chi connectivity index (χ2n) is 5.44. The van der Waals surface area contributed by atoms with E-state index in [9.17, 15) is 4.79 Å². The number of nitriles is 1. The van der Waals surface area contributed by atoms with Crippen molar-refractivity contribution >= 4 is 21.6 Å². The molecule has 0 aliphatic heterocycles. The summed E-state index contributed by atoms with van der Waals surface area (Å²) in [5.41, 5.74) is 1.77. The first-order chi connectivity index (χ1) is 11.7. The number of benzene rings is 1. The van der Waals surface area contributed by atoms with E-state index in [1.165, 1.54) is 11.3 Å². The van der Waals surface area contributed by atoms with E-state index >= 15 is 0 Å². The second kappa shape index (κ2) is 6.85. The summed E-state index contributed by atoms with van der Waals surface area (Å²) in [6.45, 7) is 2.34. The predicted octanol–water partition coefficient (Wildman–Crippen LogP) is 3.75. The van der Waals surface area contributed by atoms with Crippen molar-refractivity contribution in [3.05, 3.63) is 45.8 Å². The summed E-state index contributed by atoms with van der Waals surface area (Å²) in [4.78, 5) is 18.3.